The molecule has 0 bridgehead atoms. The lowest BCUT2D eigenvalue weighted by molar-refractivity contribution is 0.0950. The molecule has 0 atom stereocenters. The Morgan fingerprint density at radius 2 is 2.11 bits per heavy atom. The molecule has 0 fully saturated rings. The molecule has 7 heteroatoms. The Bertz CT molecular complexity index is 1080. The third kappa shape index (κ3) is 3.54. The van der Waals surface area contributed by atoms with Crippen LogP contribution in [-0.2, 0) is 6.54 Å². The van der Waals surface area contributed by atoms with Gasteiger partial charge >= 0.3 is 0 Å². The molecule has 3 aromatic heterocycles. The Kier molecular flexibility index (Phi) is 4.83. The third-order valence-electron chi connectivity index (χ3n) is 4.15. The van der Waals surface area contributed by atoms with E-state index in [0.717, 1.165) is 16.0 Å². The number of aryl methyl sites for hydroxylation is 1. The zero-order chi connectivity index (χ0) is 18.8. The Balaban J connectivity index is 1.53. The van der Waals surface area contributed by atoms with Gasteiger partial charge in [0.2, 0.25) is 0 Å². The van der Waals surface area contributed by atoms with Gasteiger partial charge in [0.25, 0.3) is 5.91 Å². The Morgan fingerprint density at radius 1 is 1.26 bits per heavy atom. The molecule has 1 N–H and O–H groups in total. The fraction of sp³-hybridized carbons (Fsp3) is 0.100. The first kappa shape index (κ1) is 17.6. The molecule has 0 aliphatic rings. The van der Waals surface area contributed by atoms with Crippen molar-refractivity contribution in [1.82, 2.24) is 10.5 Å². The van der Waals surface area contributed by atoms with Gasteiger partial charge in [-0.15, -0.1) is 11.3 Å². The largest absolute Gasteiger partial charge is 0.472 e. The summed E-state index contributed by atoms with van der Waals surface area (Å²) in [6, 6.07) is 11.2. The van der Waals surface area contributed by atoms with Gasteiger partial charge in [0.15, 0.2) is 0 Å². The lowest BCUT2D eigenvalue weighted by Gasteiger charge is -2.05. The predicted octanol–water partition coefficient (Wildman–Crippen LogP) is 5.55. The van der Waals surface area contributed by atoms with Crippen LogP contribution < -0.4 is 5.32 Å². The van der Waals surface area contributed by atoms with Gasteiger partial charge in [-0.25, -0.2) is 0 Å². The van der Waals surface area contributed by atoms with E-state index in [2.05, 4.69) is 10.5 Å². The number of carbonyl (C=O) groups is 1. The van der Waals surface area contributed by atoms with Gasteiger partial charge in [0.05, 0.1) is 24.1 Å². The van der Waals surface area contributed by atoms with Crippen molar-refractivity contribution in [1.29, 1.82) is 0 Å². The maximum absolute atomic E-state index is 12.8. The molecule has 1 amide bonds. The molecule has 0 radical (unpaired) electrons. The number of halogens is 1. The Hall–Kier alpha value is -2.83. The van der Waals surface area contributed by atoms with Crippen LogP contribution >= 0.6 is 22.9 Å². The van der Waals surface area contributed by atoms with Gasteiger partial charge in [-0.05, 0) is 36.1 Å². The number of thiophene rings is 1. The topological polar surface area (TPSA) is 68.3 Å². The van der Waals surface area contributed by atoms with Crippen molar-refractivity contribution in [2.24, 2.45) is 0 Å². The van der Waals surface area contributed by atoms with Crippen LogP contribution in [0.3, 0.4) is 0 Å². The molecule has 4 aromatic rings. The maximum atomic E-state index is 12.8. The average Bonchev–Trinajstić information content (AvgIpc) is 3.40. The van der Waals surface area contributed by atoms with E-state index in [4.69, 9.17) is 20.5 Å². The first-order valence-electron chi connectivity index (χ1n) is 8.23. The highest BCUT2D eigenvalue weighted by molar-refractivity contribution is 7.10. The fourth-order valence-electron chi connectivity index (χ4n) is 2.79. The molecule has 1 aromatic carbocycles. The summed E-state index contributed by atoms with van der Waals surface area (Å²) in [5, 5.41) is 9.52. The minimum absolute atomic E-state index is 0.248. The van der Waals surface area contributed by atoms with Crippen LogP contribution in [0, 0.1) is 6.92 Å². The summed E-state index contributed by atoms with van der Waals surface area (Å²) < 4.78 is 10.4. The summed E-state index contributed by atoms with van der Waals surface area (Å²) in [7, 11) is 0. The molecule has 0 saturated heterocycles. The molecule has 0 aliphatic carbocycles. The Labute approximate surface area is 164 Å². The van der Waals surface area contributed by atoms with Crippen LogP contribution in [0.2, 0.25) is 5.02 Å². The van der Waals surface area contributed by atoms with Crippen LogP contribution in [0.5, 0.6) is 0 Å². The second-order valence-electron chi connectivity index (χ2n) is 5.94. The number of amides is 1. The molecule has 0 saturated carbocycles. The van der Waals surface area contributed by atoms with Gasteiger partial charge < -0.3 is 14.3 Å². The predicted molar refractivity (Wildman–Crippen MR) is 105 cm³/mol. The molecular weight excluding hydrogens is 384 g/mol. The number of hydrogen-bond donors (Lipinski definition) is 1. The number of nitrogens with zero attached hydrogens (tertiary/aromatic N) is 1. The molecule has 0 spiro atoms. The summed E-state index contributed by atoms with van der Waals surface area (Å²) >= 11 is 7.83. The highest BCUT2D eigenvalue weighted by atomic mass is 35.5. The SMILES string of the molecule is Cc1onc(-c2ccccc2Cl)c1C(=O)NCc1cc(-c2ccoc2)cs1. The maximum Gasteiger partial charge on any atom is 0.257 e. The lowest BCUT2D eigenvalue weighted by Crippen LogP contribution is -2.23. The number of hydrogen-bond acceptors (Lipinski definition) is 5. The number of rotatable bonds is 5. The van der Waals surface area contributed by atoms with E-state index in [1.54, 1.807) is 36.9 Å². The zero-order valence-electron chi connectivity index (χ0n) is 14.4. The van der Waals surface area contributed by atoms with Crippen molar-refractivity contribution in [2.75, 3.05) is 0 Å². The molecule has 0 unspecified atom stereocenters. The summed E-state index contributed by atoms with van der Waals surface area (Å²) in [6.45, 7) is 2.12. The molecule has 0 aliphatic heterocycles. The number of furan rings is 1. The average molecular weight is 399 g/mol. The number of nitrogens with one attached hydrogen (secondary N) is 1. The van der Waals surface area contributed by atoms with Crippen molar-refractivity contribution in [3.63, 3.8) is 0 Å². The van der Waals surface area contributed by atoms with Crippen LogP contribution in [0.25, 0.3) is 22.4 Å². The Morgan fingerprint density at radius 3 is 2.89 bits per heavy atom. The van der Waals surface area contributed by atoms with Gasteiger partial charge in [-0.3, -0.25) is 4.79 Å². The van der Waals surface area contributed by atoms with Gasteiger partial charge in [0, 0.05) is 16.0 Å². The van der Waals surface area contributed by atoms with Crippen LogP contribution in [-0.4, -0.2) is 11.1 Å². The molecule has 5 nitrogen and oxygen atoms in total. The van der Waals surface area contributed by atoms with Crippen LogP contribution in [0.15, 0.2) is 63.2 Å². The van der Waals surface area contributed by atoms with Crippen molar-refractivity contribution in [3.05, 3.63) is 75.5 Å². The molecular formula is C20H15ClN2O3S. The first-order valence-corrected chi connectivity index (χ1v) is 9.48. The summed E-state index contributed by atoms with van der Waals surface area (Å²) in [5.74, 6) is 0.203. The monoisotopic (exact) mass is 398 g/mol. The summed E-state index contributed by atoms with van der Waals surface area (Å²) in [4.78, 5) is 13.8. The van der Waals surface area contributed by atoms with Crippen molar-refractivity contribution in [2.45, 2.75) is 13.5 Å². The minimum Gasteiger partial charge on any atom is -0.472 e. The van der Waals surface area contributed by atoms with Crippen molar-refractivity contribution >= 4 is 28.8 Å². The second kappa shape index (κ2) is 7.42. The first-order chi connectivity index (χ1) is 13.1. The molecule has 27 heavy (non-hydrogen) atoms. The highest BCUT2D eigenvalue weighted by Gasteiger charge is 2.22. The fourth-order valence-corrected chi connectivity index (χ4v) is 3.84. The van der Waals surface area contributed by atoms with E-state index in [9.17, 15) is 4.79 Å². The van der Waals surface area contributed by atoms with E-state index >= 15 is 0 Å². The van der Waals surface area contributed by atoms with Gasteiger partial charge in [-0.1, -0.05) is 35.0 Å². The number of aromatic nitrogens is 1. The lowest BCUT2D eigenvalue weighted by atomic mass is 10.1. The van der Waals surface area contributed by atoms with E-state index in [1.807, 2.05) is 35.7 Å². The standard InChI is InChI=1S/C20H15ClN2O3S/c1-12-18(19(23-26-12)16-4-2-3-5-17(16)21)20(24)22-9-15-8-14(11-27-15)13-6-7-25-10-13/h2-8,10-11H,9H2,1H3,(H,22,24). The quantitative estimate of drug-likeness (QED) is 0.478. The van der Waals surface area contributed by atoms with Gasteiger partial charge in [-0.2, -0.15) is 0 Å². The molecule has 4 rings (SSSR count). The third-order valence-corrected chi connectivity index (χ3v) is 5.42. The van der Waals surface area contributed by atoms with Gasteiger partial charge in [0.1, 0.15) is 17.0 Å². The van der Waals surface area contributed by atoms with Crippen LogP contribution in [0.4, 0.5) is 0 Å². The summed E-state index contributed by atoms with van der Waals surface area (Å²) in [5.41, 5.74) is 3.59. The van der Waals surface area contributed by atoms with Crippen molar-refractivity contribution < 1.29 is 13.7 Å². The highest BCUT2D eigenvalue weighted by Crippen LogP contribution is 2.31. The van der Waals surface area contributed by atoms with E-state index in [0.29, 0.717) is 34.1 Å². The van der Waals surface area contributed by atoms with Crippen molar-refractivity contribution in [3.8, 4) is 22.4 Å². The van der Waals surface area contributed by atoms with Crippen LogP contribution in [0.1, 0.15) is 21.0 Å². The normalized spacial score (nSPS) is 10.9. The van der Waals surface area contributed by atoms with E-state index < -0.39 is 0 Å². The smallest absolute Gasteiger partial charge is 0.257 e. The number of carbonyl (C=O) groups excluding carboxylic acids is 1. The zero-order valence-corrected chi connectivity index (χ0v) is 15.9. The van der Waals surface area contributed by atoms with E-state index in [1.165, 1.54) is 0 Å². The minimum atomic E-state index is -0.248. The molecule has 136 valence electrons. The number of benzene rings is 1. The second-order valence-corrected chi connectivity index (χ2v) is 7.34. The summed E-state index contributed by atoms with van der Waals surface area (Å²) in [6.07, 6.45) is 3.33. The molecule has 3 heterocycles. The van der Waals surface area contributed by atoms with E-state index in [-0.39, 0.29) is 5.91 Å².